The smallest absolute Gasteiger partial charge is 0.289 e. The molecular formula is C14H15N3O5S. The van der Waals surface area contributed by atoms with Gasteiger partial charge in [0.2, 0.25) is 0 Å². The molecule has 0 unspecified atom stereocenters. The van der Waals surface area contributed by atoms with Crippen molar-refractivity contribution in [2.24, 2.45) is 0 Å². The molecule has 0 spiro atoms. The Kier molecular flexibility index (Phi) is 3.53. The summed E-state index contributed by atoms with van der Waals surface area (Å²) in [6.45, 7) is 2.04. The number of hydrogen-bond donors (Lipinski definition) is 2. The van der Waals surface area contributed by atoms with E-state index in [4.69, 9.17) is 4.84 Å². The molecule has 0 atom stereocenters. The Balaban J connectivity index is 1.99. The van der Waals surface area contributed by atoms with Crippen LogP contribution in [0.4, 0.5) is 0 Å². The minimum atomic E-state index is -3.91. The Hall–Kier alpha value is -2.52. The lowest BCUT2D eigenvalue weighted by molar-refractivity contribution is -0.156. The number of amides is 1. The zero-order chi connectivity index (χ0) is 16.8. The summed E-state index contributed by atoms with van der Waals surface area (Å²) in [5.41, 5.74) is 2.13. The summed E-state index contributed by atoms with van der Waals surface area (Å²) in [6.07, 6.45) is 1.74. The lowest BCUT2D eigenvalue weighted by Crippen LogP contribution is -2.45. The van der Waals surface area contributed by atoms with E-state index in [9.17, 15) is 18.3 Å². The molecular weight excluding hydrogens is 322 g/mol. The Morgan fingerprint density at radius 1 is 1.35 bits per heavy atom. The van der Waals surface area contributed by atoms with Gasteiger partial charge in [-0.2, -0.15) is 0 Å². The number of aliphatic hydroxyl groups is 1. The zero-order valence-corrected chi connectivity index (χ0v) is 13.3. The molecule has 9 heteroatoms. The number of benzene rings is 1. The average Bonchev–Trinajstić information content (AvgIpc) is 2.91. The number of likely N-dealkylation sites (N-methyl/N-ethyl adjacent to an activating group) is 1. The van der Waals surface area contributed by atoms with Crippen molar-refractivity contribution in [3.8, 4) is 0 Å². The predicted molar refractivity (Wildman–Crippen MR) is 80.6 cm³/mol. The first-order valence-corrected chi connectivity index (χ1v) is 8.21. The number of aliphatic hydroxyl groups excluding tert-OH is 1. The first-order valence-electron chi connectivity index (χ1n) is 6.77. The number of nitrogens with zero attached hydrogens (tertiary/aromatic N) is 2. The summed E-state index contributed by atoms with van der Waals surface area (Å²) in [7, 11) is -2.70. The molecule has 1 amide bonds. The van der Waals surface area contributed by atoms with E-state index in [1.165, 1.54) is 19.2 Å². The van der Waals surface area contributed by atoms with Gasteiger partial charge in [-0.05, 0) is 30.3 Å². The fourth-order valence-electron chi connectivity index (χ4n) is 2.38. The molecule has 1 aromatic rings. The van der Waals surface area contributed by atoms with Gasteiger partial charge in [0.1, 0.15) is 5.76 Å². The van der Waals surface area contributed by atoms with Crippen molar-refractivity contribution < 1.29 is 23.2 Å². The minimum Gasteiger partial charge on any atom is -0.505 e. The maximum atomic E-state index is 12.5. The Morgan fingerprint density at radius 3 is 2.70 bits per heavy atom. The van der Waals surface area contributed by atoms with Crippen molar-refractivity contribution >= 4 is 21.7 Å². The summed E-state index contributed by atoms with van der Waals surface area (Å²) in [4.78, 5) is 17.6. The molecule has 3 rings (SSSR count). The van der Waals surface area contributed by atoms with Gasteiger partial charge in [-0.1, -0.05) is 12.1 Å². The van der Waals surface area contributed by atoms with Crippen LogP contribution in [0.2, 0.25) is 0 Å². The third-order valence-corrected chi connectivity index (χ3v) is 5.38. The van der Waals surface area contributed by atoms with Crippen LogP contribution in [0.5, 0.6) is 0 Å². The van der Waals surface area contributed by atoms with Gasteiger partial charge in [0, 0.05) is 12.6 Å². The normalized spacial score (nSPS) is 19.9. The highest BCUT2D eigenvalue weighted by Crippen LogP contribution is 2.34. The van der Waals surface area contributed by atoms with Crippen LogP contribution < -0.4 is 5.43 Å². The number of carbonyl (C=O) groups is 1. The molecule has 0 saturated heterocycles. The van der Waals surface area contributed by atoms with Crippen LogP contribution >= 0.6 is 0 Å². The molecule has 122 valence electrons. The average molecular weight is 337 g/mol. The van der Waals surface area contributed by atoms with Crippen molar-refractivity contribution in [2.75, 3.05) is 13.6 Å². The van der Waals surface area contributed by atoms with Crippen LogP contribution in [0.15, 0.2) is 46.7 Å². The fourth-order valence-corrected chi connectivity index (χ4v) is 3.77. The number of hydrazine groups is 1. The number of rotatable bonds is 2. The molecule has 23 heavy (non-hydrogen) atoms. The lowest BCUT2D eigenvalue weighted by atomic mass is 10.1. The fraction of sp³-hybridized carbons (Fsp3) is 0.214. The van der Waals surface area contributed by atoms with Crippen molar-refractivity contribution in [1.29, 1.82) is 0 Å². The minimum absolute atomic E-state index is 0.0496. The second-order valence-electron chi connectivity index (χ2n) is 5.07. The highest BCUT2D eigenvalue weighted by Gasteiger charge is 2.38. The number of allylic oxidation sites excluding steroid dienone is 1. The number of fused-ring (bicyclic) bond motifs is 1. The first-order chi connectivity index (χ1) is 10.8. The Morgan fingerprint density at radius 2 is 2.04 bits per heavy atom. The van der Waals surface area contributed by atoms with E-state index in [1.54, 1.807) is 25.1 Å². The lowest BCUT2D eigenvalue weighted by Gasteiger charge is -2.29. The maximum Gasteiger partial charge on any atom is 0.289 e. The van der Waals surface area contributed by atoms with Gasteiger partial charge in [0.05, 0.1) is 11.4 Å². The molecule has 0 bridgehead atoms. The summed E-state index contributed by atoms with van der Waals surface area (Å²) in [5.74, 6) is -0.580. The van der Waals surface area contributed by atoms with E-state index >= 15 is 0 Å². The molecule has 2 aliphatic rings. The van der Waals surface area contributed by atoms with Crippen molar-refractivity contribution in [2.45, 2.75) is 11.8 Å². The van der Waals surface area contributed by atoms with Crippen LogP contribution in [-0.4, -0.2) is 42.5 Å². The predicted octanol–water partition coefficient (Wildman–Crippen LogP) is 0.729. The maximum absolute atomic E-state index is 12.5. The highest BCUT2D eigenvalue weighted by atomic mass is 32.2. The Labute approximate surface area is 133 Å². The third-order valence-electron chi connectivity index (χ3n) is 3.56. The zero-order valence-electron chi connectivity index (χ0n) is 12.5. The topological polar surface area (TPSA) is 99.2 Å². The van der Waals surface area contributed by atoms with E-state index in [2.05, 4.69) is 5.43 Å². The van der Waals surface area contributed by atoms with Crippen molar-refractivity contribution in [3.05, 3.63) is 47.4 Å². The monoisotopic (exact) mass is 337 g/mol. The first kappa shape index (κ1) is 15.4. The van der Waals surface area contributed by atoms with E-state index in [1.807, 2.05) is 0 Å². The quantitative estimate of drug-likeness (QED) is 0.825. The molecule has 0 fully saturated rings. The van der Waals surface area contributed by atoms with Gasteiger partial charge in [0.25, 0.3) is 15.9 Å². The summed E-state index contributed by atoms with van der Waals surface area (Å²) in [6, 6.07) is 5.96. The van der Waals surface area contributed by atoms with Crippen LogP contribution in [-0.2, 0) is 19.7 Å². The van der Waals surface area contributed by atoms with Gasteiger partial charge in [0.15, 0.2) is 11.5 Å². The van der Waals surface area contributed by atoms with E-state index in [0.29, 0.717) is 12.3 Å². The molecule has 0 saturated carbocycles. The number of carbonyl (C=O) groups excluding carboxylic acids is 1. The standard InChI is InChI=1S/C14H15N3O5S/c1-9-7-8-17(22-9)15-14(19)12-13(18)10-5-3-4-6-11(10)23(20,21)16(12)2/h3-7,18H,8H2,1-2H3,(H,15,19). The number of hydroxylamine groups is 1. The van der Waals surface area contributed by atoms with Crippen LogP contribution in [0.25, 0.3) is 5.76 Å². The van der Waals surface area contributed by atoms with Crippen LogP contribution in [0.3, 0.4) is 0 Å². The van der Waals surface area contributed by atoms with Gasteiger partial charge < -0.3 is 9.94 Å². The van der Waals surface area contributed by atoms with E-state index < -0.39 is 21.7 Å². The Bertz CT molecular complexity index is 844. The van der Waals surface area contributed by atoms with Gasteiger partial charge in [-0.15, -0.1) is 0 Å². The second-order valence-corrected chi connectivity index (χ2v) is 7.01. The largest absolute Gasteiger partial charge is 0.505 e. The summed E-state index contributed by atoms with van der Waals surface area (Å²) < 4.78 is 25.8. The summed E-state index contributed by atoms with van der Waals surface area (Å²) in [5, 5.41) is 11.5. The van der Waals surface area contributed by atoms with E-state index in [-0.39, 0.29) is 16.2 Å². The molecule has 2 N–H and O–H groups in total. The molecule has 1 aromatic carbocycles. The SMILES string of the molecule is CC1=CCN(NC(=O)C2=C(O)c3ccccc3S(=O)(=O)N2C)O1. The molecule has 0 aliphatic carbocycles. The van der Waals surface area contributed by atoms with Gasteiger partial charge >= 0.3 is 0 Å². The molecule has 0 radical (unpaired) electrons. The number of sulfonamides is 1. The third kappa shape index (κ3) is 2.43. The molecule has 2 heterocycles. The number of nitrogens with one attached hydrogen (secondary N) is 1. The van der Waals surface area contributed by atoms with Crippen molar-refractivity contribution in [1.82, 2.24) is 14.9 Å². The molecule has 8 nitrogen and oxygen atoms in total. The summed E-state index contributed by atoms with van der Waals surface area (Å²) >= 11 is 0. The van der Waals surface area contributed by atoms with Gasteiger partial charge in [-0.3, -0.25) is 14.5 Å². The van der Waals surface area contributed by atoms with Crippen molar-refractivity contribution in [3.63, 3.8) is 0 Å². The van der Waals surface area contributed by atoms with Crippen LogP contribution in [0, 0.1) is 0 Å². The molecule has 2 aliphatic heterocycles. The van der Waals surface area contributed by atoms with E-state index in [0.717, 1.165) is 9.48 Å². The van der Waals surface area contributed by atoms with Gasteiger partial charge in [-0.25, -0.2) is 8.42 Å². The van der Waals surface area contributed by atoms with Crippen LogP contribution in [0.1, 0.15) is 12.5 Å². The molecule has 0 aromatic heterocycles. The highest BCUT2D eigenvalue weighted by molar-refractivity contribution is 7.89. The second kappa shape index (κ2) is 5.28. The number of hydrogen-bond acceptors (Lipinski definition) is 6.